The van der Waals surface area contributed by atoms with Gasteiger partial charge in [-0.1, -0.05) is 43.8 Å². The number of aromatic hydroxyl groups is 2. The highest BCUT2D eigenvalue weighted by molar-refractivity contribution is 6.40. The highest BCUT2D eigenvalue weighted by atomic mass is 16.3. The van der Waals surface area contributed by atoms with Crippen molar-refractivity contribution in [2.45, 2.75) is 13.3 Å². The van der Waals surface area contributed by atoms with Crippen LogP contribution in [0.1, 0.15) is 59.5 Å². The number of carbonyl (C=O) groups is 4. The Morgan fingerprint density at radius 2 is 1.06 bits per heavy atom. The van der Waals surface area contributed by atoms with Crippen LogP contribution < -0.4 is 9.80 Å². The van der Waals surface area contributed by atoms with Crippen molar-refractivity contribution in [3.63, 3.8) is 0 Å². The van der Waals surface area contributed by atoms with E-state index in [0.29, 0.717) is 9.80 Å². The van der Waals surface area contributed by atoms with Crippen molar-refractivity contribution < 1.29 is 29.4 Å². The molecule has 8 heteroatoms. The third kappa shape index (κ3) is 2.59. The van der Waals surface area contributed by atoms with Crippen LogP contribution in [-0.2, 0) is 6.42 Å². The SMILES string of the molecule is C=Cc1c(O)c(N2C(=O)c3ccccc3C2=O)c(N2C(=O)c3ccccc3C2=O)c(O)c1CC. The third-order valence-electron chi connectivity index (χ3n) is 6.13. The number of benzene rings is 3. The van der Waals surface area contributed by atoms with Gasteiger partial charge in [0, 0.05) is 11.1 Å². The summed E-state index contributed by atoms with van der Waals surface area (Å²) >= 11 is 0. The van der Waals surface area contributed by atoms with Crippen LogP contribution in [-0.4, -0.2) is 33.8 Å². The number of phenols is 2. The van der Waals surface area contributed by atoms with Gasteiger partial charge in [0.2, 0.25) is 0 Å². The average molecular weight is 454 g/mol. The Morgan fingerprint density at radius 3 is 1.38 bits per heavy atom. The fourth-order valence-corrected chi connectivity index (χ4v) is 4.55. The number of fused-ring (bicyclic) bond motifs is 2. The first-order valence-corrected chi connectivity index (χ1v) is 10.5. The summed E-state index contributed by atoms with van der Waals surface area (Å²) in [6.07, 6.45) is 1.49. The summed E-state index contributed by atoms with van der Waals surface area (Å²) in [5, 5.41) is 22.5. The monoisotopic (exact) mass is 454 g/mol. The Kier molecular flexibility index (Phi) is 4.61. The number of phenolic OH excluding ortho intramolecular Hbond substituents is 2. The fourth-order valence-electron chi connectivity index (χ4n) is 4.55. The van der Waals surface area contributed by atoms with Crippen LogP contribution in [0.3, 0.4) is 0 Å². The van der Waals surface area contributed by atoms with Crippen molar-refractivity contribution >= 4 is 41.1 Å². The lowest BCUT2D eigenvalue weighted by molar-refractivity contribution is 0.0902. The third-order valence-corrected chi connectivity index (χ3v) is 6.13. The van der Waals surface area contributed by atoms with Gasteiger partial charge in [-0.25, -0.2) is 9.80 Å². The molecule has 2 aliphatic rings. The molecule has 0 radical (unpaired) electrons. The summed E-state index contributed by atoms with van der Waals surface area (Å²) < 4.78 is 0. The molecule has 0 aliphatic carbocycles. The van der Waals surface area contributed by atoms with Gasteiger partial charge in [0.1, 0.15) is 22.9 Å². The first-order chi connectivity index (χ1) is 16.3. The fraction of sp³-hybridized carbons (Fsp3) is 0.0769. The summed E-state index contributed by atoms with van der Waals surface area (Å²) in [5.41, 5.74) is -0.188. The molecule has 34 heavy (non-hydrogen) atoms. The zero-order chi connectivity index (χ0) is 24.3. The molecule has 2 heterocycles. The molecule has 8 nitrogen and oxygen atoms in total. The molecule has 3 aromatic rings. The molecule has 0 aromatic heterocycles. The van der Waals surface area contributed by atoms with Gasteiger partial charge in [-0.05, 0) is 30.7 Å². The van der Waals surface area contributed by atoms with Crippen molar-refractivity contribution in [1.82, 2.24) is 0 Å². The molecule has 2 aliphatic heterocycles. The van der Waals surface area contributed by atoms with Gasteiger partial charge >= 0.3 is 0 Å². The van der Waals surface area contributed by atoms with E-state index in [4.69, 9.17) is 0 Å². The summed E-state index contributed by atoms with van der Waals surface area (Å²) in [4.78, 5) is 54.5. The Labute approximate surface area is 194 Å². The second-order valence-electron chi connectivity index (χ2n) is 7.83. The van der Waals surface area contributed by atoms with E-state index in [-0.39, 0.29) is 39.8 Å². The van der Waals surface area contributed by atoms with Crippen LogP contribution >= 0.6 is 0 Å². The minimum Gasteiger partial charge on any atom is -0.505 e. The number of hydrogen-bond donors (Lipinski definition) is 2. The van der Waals surface area contributed by atoms with Gasteiger partial charge in [0.15, 0.2) is 0 Å². The molecular formula is C26H18N2O6. The zero-order valence-corrected chi connectivity index (χ0v) is 18.0. The lowest BCUT2D eigenvalue weighted by Gasteiger charge is -2.27. The van der Waals surface area contributed by atoms with Crippen LogP contribution in [0.25, 0.3) is 6.08 Å². The normalized spacial score (nSPS) is 14.6. The minimum atomic E-state index is -0.757. The summed E-state index contributed by atoms with van der Waals surface area (Å²) in [6, 6.07) is 12.2. The molecule has 0 saturated heterocycles. The molecule has 0 unspecified atom stereocenters. The first kappa shape index (κ1) is 21.1. The highest BCUT2D eigenvalue weighted by Crippen LogP contribution is 2.52. The standard InChI is InChI=1S/C26H18N2O6/c1-3-13-14(4-2)22(30)20(28-25(33)17-11-7-8-12-18(17)26(28)34)19(21(13)29)27-23(31)15-9-5-6-10-16(15)24(27)32/h3,5-12,29-30H,1,4H2,2H3. The molecule has 168 valence electrons. The summed E-state index contributed by atoms with van der Waals surface area (Å²) in [5.74, 6) is -4.06. The van der Waals surface area contributed by atoms with Crippen LogP contribution in [0.15, 0.2) is 55.1 Å². The number of anilines is 2. The van der Waals surface area contributed by atoms with E-state index in [1.807, 2.05) is 0 Å². The van der Waals surface area contributed by atoms with Crippen molar-refractivity contribution in [2.24, 2.45) is 0 Å². The van der Waals surface area contributed by atoms with Gasteiger partial charge in [-0.3, -0.25) is 19.2 Å². The second-order valence-corrected chi connectivity index (χ2v) is 7.83. The maximum absolute atomic E-state index is 13.3. The quantitative estimate of drug-likeness (QED) is 0.456. The topological polar surface area (TPSA) is 115 Å². The highest BCUT2D eigenvalue weighted by Gasteiger charge is 2.46. The number of nitrogens with zero attached hydrogens (tertiary/aromatic N) is 2. The Bertz CT molecular complexity index is 1400. The van der Waals surface area contributed by atoms with Crippen LogP contribution in [0.4, 0.5) is 11.4 Å². The van der Waals surface area contributed by atoms with Gasteiger partial charge in [0.05, 0.1) is 22.3 Å². The maximum atomic E-state index is 13.3. The van der Waals surface area contributed by atoms with Crippen molar-refractivity contribution in [3.05, 3.63) is 88.5 Å². The van der Waals surface area contributed by atoms with E-state index < -0.39 is 46.5 Å². The number of amides is 4. The molecule has 0 spiro atoms. The number of carbonyl (C=O) groups excluding carboxylic acids is 4. The molecule has 5 rings (SSSR count). The van der Waals surface area contributed by atoms with E-state index in [9.17, 15) is 29.4 Å². The Balaban J connectivity index is 1.84. The Morgan fingerprint density at radius 1 is 0.706 bits per heavy atom. The number of rotatable bonds is 4. The van der Waals surface area contributed by atoms with Crippen LogP contribution in [0, 0.1) is 0 Å². The smallest absolute Gasteiger partial charge is 0.266 e. The average Bonchev–Trinajstić information content (AvgIpc) is 3.25. The number of hydrogen-bond acceptors (Lipinski definition) is 6. The zero-order valence-electron chi connectivity index (χ0n) is 18.0. The molecule has 0 fully saturated rings. The van der Waals surface area contributed by atoms with Crippen molar-refractivity contribution in [2.75, 3.05) is 9.80 Å². The predicted molar refractivity (Wildman–Crippen MR) is 124 cm³/mol. The van der Waals surface area contributed by atoms with Gasteiger partial charge < -0.3 is 10.2 Å². The predicted octanol–water partition coefficient (Wildman–Crippen LogP) is 3.90. The van der Waals surface area contributed by atoms with Gasteiger partial charge in [0.25, 0.3) is 23.6 Å². The lowest BCUT2D eigenvalue weighted by Crippen LogP contribution is -2.35. The van der Waals surface area contributed by atoms with Gasteiger partial charge in [-0.15, -0.1) is 0 Å². The molecule has 0 bridgehead atoms. The van der Waals surface area contributed by atoms with Crippen LogP contribution in [0.2, 0.25) is 0 Å². The Hall–Kier alpha value is -4.72. The van der Waals surface area contributed by atoms with E-state index in [1.54, 1.807) is 31.2 Å². The summed E-state index contributed by atoms with van der Waals surface area (Å²) in [6.45, 7) is 5.37. The molecule has 2 N–H and O–H groups in total. The van der Waals surface area contributed by atoms with E-state index in [2.05, 4.69) is 6.58 Å². The first-order valence-electron chi connectivity index (χ1n) is 10.5. The molecule has 3 aromatic carbocycles. The van der Waals surface area contributed by atoms with Gasteiger partial charge in [-0.2, -0.15) is 0 Å². The molecule has 4 amide bonds. The maximum Gasteiger partial charge on any atom is 0.266 e. The van der Waals surface area contributed by atoms with Crippen LogP contribution in [0.5, 0.6) is 11.5 Å². The minimum absolute atomic E-state index is 0.0897. The molecule has 0 atom stereocenters. The van der Waals surface area contributed by atoms with Crippen molar-refractivity contribution in [1.29, 1.82) is 0 Å². The van der Waals surface area contributed by atoms with E-state index in [0.717, 1.165) is 0 Å². The van der Waals surface area contributed by atoms with E-state index in [1.165, 1.54) is 30.3 Å². The summed E-state index contributed by atoms with van der Waals surface area (Å²) in [7, 11) is 0. The largest absolute Gasteiger partial charge is 0.505 e. The number of imide groups is 2. The molecule has 0 saturated carbocycles. The second kappa shape index (κ2) is 7.41. The molecular weight excluding hydrogens is 436 g/mol. The van der Waals surface area contributed by atoms with E-state index >= 15 is 0 Å². The van der Waals surface area contributed by atoms with Crippen molar-refractivity contribution in [3.8, 4) is 11.5 Å². The lowest BCUT2D eigenvalue weighted by atomic mass is 9.98.